The molecule has 1 saturated heterocycles. The minimum Gasteiger partial charge on any atom is -0.348 e. The molecule has 1 fully saturated rings. The van der Waals surface area contributed by atoms with Crippen LogP contribution in [0.4, 0.5) is 0 Å². The Morgan fingerprint density at radius 3 is 2.50 bits per heavy atom. The van der Waals surface area contributed by atoms with E-state index in [0.29, 0.717) is 12.8 Å². The third-order valence-electron chi connectivity index (χ3n) is 5.40. The topological polar surface area (TPSA) is 145 Å². The summed E-state index contributed by atoms with van der Waals surface area (Å²) in [6.45, 7) is 8.35. The zero-order chi connectivity index (χ0) is 26.9. The quantitative estimate of drug-likeness (QED) is 0.286. The molecule has 0 spiro atoms. The van der Waals surface area contributed by atoms with E-state index >= 15 is 0 Å². The van der Waals surface area contributed by atoms with Gasteiger partial charge in [0.25, 0.3) is 14.1 Å². The highest BCUT2D eigenvalue weighted by molar-refractivity contribution is 7.57. The molecule has 36 heavy (non-hydrogen) atoms. The molecule has 4 unspecified atom stereocenters. The second kappa shape index (κ2) is 14.3. The zero-order valence-electron chi connectivity index (χ0n) is 21.5. The minimum atomic E-state index is -3.49. The van der Waals surface area contributed by atoms with Crippen molar-refractivity contribution in [3.05, 3.63) is 45.0 Å². The molecule has 0 radical (unpaired) electrons. The number of rotatable bonds is 13. The lowest BCUT2D eigenvalue weighted by molar-refractivity contribution is -0.121. The van der Waals surface area contributed by atoms with Crippen molar-refractivity contribution in [1.29, 1.82) is 5.26 Å². The molecule has 0 bridgehead atoms. The molecule has 1 N–H and O–H groups in total. The monoisotopic (exact) mass is 546 g/mol. The summed E-state index contributed by atoms with van der Waals surface area (Å²) in [5.41, 5.74) is -1.10. The van der Waals surface area contributed by atoms with E-state index in [-0.39, 0.29) is 25.1 Å². The van der Waals surface area contributed by atoms with Gasteiger partial charge in [-0.15, -0.1) is 0 Å². The molecular weight excluding hydrogens is 510 g/mol. The Balaban J connectivity index is 2.37. The van der Waals surface area contributed by atoms with Crippen LogP contribution >= 0.6 is 16.1 Å². The van der Waals surface area contributed by atoms with Crippen LogP contribution in [-0.2, 0) is 27.4 Å². The zero-order valence-corrected chi connectivity index (χ0v) is 23.3. The fourth-order valence-corrected chi connectivity index (χ4v) is 6.28. The van der Waals surface area contributed by atoms with Gasteiger partial charge in [0.15, 0.2) is 0 Å². The maximum absolute atomic E-state index is 12.6. The maximum atomic E-state index is 12.6. The van der Waals surface area contributed by atoms with Gasteiger partial charge in [-0.2, -0.15) is 5.26 Å². The summed E-state index contributed by atoms with van der Waals surface area (Å²) < 4.78 is 44.7. The highest BCUT2D eigenvalue weighted by Crippen LogP contribution is 2.51. The molecule has 0 aromatic carbocycles. The molecule has 1 aliphatic heterocycles. The number of aromatic amines is 1. The standard InChI is InChI=1S/C22H36N4O8P2/c1-16(2)26(17(3)4)35(32-14-7-12-23)34-19-8-9-21(25-13-10-20(27)24-22(25)28)33-18(19)11-15-36(29,30-5)31-6/h10-11,13,15-19,21H,7-9,14H2,1-6H3,(H,24,27,28)/b15-11+. The van der Waals surface area contributed by atoms with Crippen molar-refractivity contribution in [1.82, 2.24) is 14.2 Å². The van der Waals surface area contributed by atoms with Crippen LogP contribution < -0.4 is 11.2 Å². The smallest absolute Gasteiger partial charge is 0.348 e. The number of aromatic nitrogens is 2. The number of nitrogens with zero attached hydrogens (tertiary/aromatic N) is 3. The van der Waals surface area contributed by atoms with Crippen LogP contribution in [0.15, 0.2) is 33.7 Å². The van der Waals surface area contributed by atoms with E-state index in [9.17, 15) is 14.2 Å². The van der Waals surface area contributed by atoms with Gasteiger partial charge in [0.05, 0.1) is 25.2 Å². The van der Waals surface area contributed by atoms with E-state index in [0.717, 1.165) is 0 Å². The van der Waals surface area contributed by atoms with Gasteiger partial charge in [-0.05, 0) is 46.6 Å². The van der Waals surface area contributed by atoms with Gasteiger partial charge in [0, 0.05) is 44.4 Å². The van der Waals surface area contributed by atoms with E-state index in [1.165, 1.54) is 36.9 Å². The number of hydrogen-bond donors (Lipinski definition) is 1. The Bertz CT molecular complexity index is 1050. The number of H-pyrrole nitrogens is 1. The Kier molecular flexibility index (Phi) is 12.2. The summed E-state index contributed by atoms with van der Waals surface area (Å²) in [6.07, 6.45) is 2.07. The summed E-state index contributed by atoms with van der Waals surface area (Å²) in [5.74, 6) is 1.30. The van der Waals surface area contributed by atoms with Crippen molar-refractivity contribution < 1.29 is 27.4 Å². The first-order valence-corrected chi connectivity index (χ1v) is 14.4. The second-order valence-corrected chi connectivity index (χ2v) is 12.1. The van der Waals surface area contributed by atoms with Gasteiger partial charge in [-0.25, -0.2) is 9.46 Å². The number of nitrogens with one attached hydrogen (secondary N) is 1. The van der Waals surface area contributed by atoms with Gasteiger partial charge < -0.3 is 22.8 Å². The van der Waals surface area contributed by atoms with E-state index in [1.807, 2.05) is 27.7 Å². The van der Waals surface area contributed by atoms with E-state index in [2.05, 4.69) is 15.7 Å². The number of hydrogen-bond acceptors (Lipinski definition) is 10. The molecule has 14 heteroatoms. The van der Waals surface area contributed by atoms with Crippen molar-refractivity contribution in [3.63, 3.8) is 0 Å². The van der Waals surface area contributed by atoms with Crippen molar-refractivity contribution in [2.75, 3.05) is 20.8 Å². The van der Waals surface area contributed by atoms with Crippen molar-refractivity contribution in [2.24, 2.45) is 0 Å². The highest BCUT2D eigenvalue weighted by Gasteiger charge is 2.37. The third-order valence-corrected chi connectivity index (χ3v) is 9.11. The second-order valence-electron chi connectivity index (χ2n) is 8.59. The molecular formula is C22H36N4O8P2. The van der Waals surface area contributed by atoms with E-state index < -0.39 is 45.8 Å². The van der Waals surface area contributed by atoms with Crippen molar-refractivity contribution in [3.8, 4) is 6.07 Å². The van der Waals surface area contributed by atoms with Gasteiger partial charge in [0.1, 0.15) is 12.3 Å². The van der Waals surface area contributed by atoms with Crippen molar-refractivity contribution >= 4 is 16.1 Å². The largest absolute Gasteiger partial charge is 0.353 e. The maximum Gasteiger partial charge on any atom is 0.353 e. The minimum absolute atomic E-state index is 0.103. The predicted molar refractivity (Wildman–Crippen MR) is 135 cm³/mol. The number of nitriles is 1. The average Bonchev–Trinajstić information content (AvgIpc) is 2.83. The van der Waals surface area contributed by atoms with Crippen LogP contribution in [-0.4, -0.2) is 59.3 Å². The molecule has 1 aliphatic rings. The predicted octanol–water partition coefficient (Wildman–Crippen LogP) is 3.87. The van der Waals surface area contributed by atoms with Crippen LogP contribution in [0.3, 0.4) is 0 Å². The molecule has 0 saturated carbocycles. The molecule has 0 aliphatic carbocycles. The molecule has 1 aromatic heterocycles. The summed E-state index contributed by atoms with van der Waals surface area (Å²) in [4.78, 5) is 26.1. The van der Waals surface area contributed by atoms with Crippen molar-refractivity contribution in [2.45, 2.75) is 77.5 Å². The Labute approximate surface area is 212 Å². The molecule has 4 atom stereocenters. The first kappa shape index (κ1) is 30.6. The Hall–Kier alpha value is -1.67. The van der Waals surface area contributed by atoms with Crippen LogP contribution in [0, 0.1) is 11.3 Å². The van der Waals surface area contributed by atoms with Gasteiger partial charge in [-0.1, -0.05) is 0 Å². The SMILES string of the molecule is COP(=O)(/C=C/C1OC(n2ccc(=O)[nH]c2=O)CCC1OP(OCCC#N)N(C(C)C)C(C)C)OC. The lowest BCUT2D eigenvalue weighted by Crippen LogP contribution is -2.42. The molecule has 0 amide bonds. The van der Waals surface area contributed by atoms with Crippen LogP contribution in [0.1, 0.15) is 53.2 Å². The van der Waals surface area contributed by atoms with Crippen LogP contribution in [0.2, 0.25) is 0 Å². The molecule has 1 aromatic rings. The average molecular weight is 546 g/mol. The molecule has 12 nitrogen and oxygen atoms in total. The van der Waals surface area contributed by atoms with Crippen LogP contribution in [0.25, 0.3) is 0 Å². The van der Waals surface area contributed by atoms with Gasteiger partial charge in [-0.3, -0.25) is 18.9 Å². The van der Waals surface area contributed by atoms with Gasteiger partial charge in [0.2, 0.25) is 0 Å². The van der Waals surface area contributed by atoms with Crippen LogP contribution in [0.5, 0.6) is 0 Å². The third kappa shape index (κ3) is 8.44. The first-order chi connectivity index (χ1) is 17.0. The summed E-state index contributed by atoms with van der Waals surface area (Å²) in [6, 6.07) is 3.52. The first-order valence-electron chi connectivity index (χ1n) is 11.7. The lowest BCUT2D eigenvalue weighted by Gasteiger charge is -2.41. The number of ether oxygens (including phenoxy) is 1. The molecule has 202 valence electrons. The van der Waals surface area contributed by atoms with E-state index in [1.54, 1.807) is 6.08 Å². The summed E-state index contributed by atoms with van der Waals surface area (Å²) >= 11 is 0. The Morgan fingerprint density at radius 2 is 1.94 bits per heavy atom. The summed E-state index contributed by atoms with van der Waals surface area (Å²) in [5, 5.41) is 8.96. The normalized spacial score (nSPS) is 21.9. The van der Waals surface area contributed by atoms with Gasteiger partial charge >= 0.3 is 13.3 Å². The van der Waals surface area contributed by atoms with E-state index in [4.69, 9.17) is 28.1 Å². The highest BCUT2D eigenvalue weighted by atomic mass is 31.2. The lowest BCUT2D eigenvalue weighted by atomic mass is 10.0. The molecule has 2 rings (SSSR count). The fraction of sp³-hybridized carbons (Fsp3) is 0.682. The fourth-order valence-electron chi connectivity index (χ4n) is 3.75. The summed E-state index contributed by atoms with van der Waals surface area (Å²) in [7, 11) is -2.51. The Morgan fingerprint density at radius 1 is 1.28 bits per heavy atom. The molecule has 2 heterocycles.